The third-order valence-corrected chi connectivity index (χ3v) is 2.41. The van der Waals surface area contributed by atoms with Gasteiger partial charge >= 0.3 is 0 Å². The molecular formula is C10H21N3O2. The van der Waals surface area contributed by atoms with Crippen LogP contribution < -0.4 is 11.1 Å². The quantitative estimate of drug-likeness (QED) is 0.277. The van der Waals surface area contributed by atoms with Crippen molar-refractivity contribution in [3.63, 3.8) is 0 Å². The van der Waals surface area contributed by atoms with E-state index in [4.69, 9.17) is 10.9 Å². The summed E-state index contributed by atoms with van der Waals surface area (Å²) in [6.07, 6.45) is 1.92. The van der Waals surface area contributed by atoms with Gasteiger partial charge in [-0.3, -0.25) is 4.79 Å². The molecule has 0 heterocycles. The molecule has 0 fully saturated rings. The summed E-state index contributed by atoms with van der Waals surface area (Å²) >= 11 is 0. The molecule has 0 aliphatic heterocycles. The number of hydrogen-bond acceptors (Lipinski definition) is 3. The van der Waals surface area contributed by atoms with Gasteiger partial charge in [0.25, 0.3) is 0 Å². The molecule has 15 heavy (non-hydrogen) atoms. The molecule has 1 atom stereocenters. The lowest BCUT2D eigenvalue weighted by atomic mass is 9.90. The zero-order valence-electron chi connectivity index (χ0n) is 9.87. The number of carbonyl (C=O) groups excluding carboxylic acids is 1. The van der Waals surface area contributed by atoms with Crippen molar-refractivity contribution >= 4 is 11.7 Å². The van der Waals surface area contributed by atoms with E-state index in [1.807, 2.05) is 6.92 Å². The van der Waals surface area contributed by atoms with Gasteiger partial charge in [0.2, 0.25) is 5.91 Å². The standard InChI is InChI=1S/C10H21N3O2/c1-5-6-7(2)12-9(14)10(3,4)8(11)13-15/h7,15H,5-6H2,1-4H3,(H2,11,13)(H,12,14). The number of carbonyl (C=O) groups is 1. The number of nitrogens with one attached hydrogen (secondary N) is 1. The van der Waals surface area contributed by atoms with Crippen LogP contribution in [-0.4, -0.2) is 23.0 Å². The molecule has 1 unspecified atom stereocenters. The van der Waals surface area contributed by atoms with E-state index in [0.29, 0.717) is 0 Å². The van der Waals surface area contributed by atoms with Crippen LogP contribution >= 0.6 is 0 Å². The summed E-state index contributed by atoms with van der Waals surface area (Å²) < 4.78 is 0. The molecule has 4 N–H and O–H groups in total. The minimum Gasteiger partial charge on any atom is -0.409 e. The number of nitrogens with two attached hydrogens (primary N) is 1. The monoisotopic (exact) mass is 215 g/mol. The molecule has 0 aromatic heterocycles. The van der Waals surface area contributed by atoms with Gasteiger partial charge in [0.15, 0.2) is 5.84 Å². The third-order valence-electron chi connectivity index (χ3n) is 2.41. The van der Waals surface area contributed by atoms with E-state index in [2.05, 4.69) is 17.4 Å². The van der Waals surface area contributed by atoms with Gasteiger partial charge in [-0.2, -0.15) is 0 Å². The first kappa shape index (κ1) is 13.7. The highest BCUT2D eigenvalue weighted by Gasteiger charge is 2.33. The maximum Gasteiger partial charge on any atom is 0.233 e. The summed E-state index contributed by atoms with van der Waals surface area (Å²) in [6, 6.07) is 0.105. The second-order valence-corrected chi connectivity index (χ2v) is 4.27. The number of amidine groups is 1. The molecule has 0 bridgehead atoms. The van der Waals surface area contributed by atoms with Gasteiger partial charge in [0, 0.05) is 6.04 Å². The summed E-state index contributed by atoms with van der Waals surface area (Å²) in [7, 11) is 0. The largest absolute Gasteiger partial charge is 0.409 e. The molecule has 1 amide bonds. The second kappa shape index (κ2) is 5.58. The first-order valence-electron chi connectivity index (χ1n) is 5.15. The Balaban J connectivity index is 4.44. The molecule has 88 valence electrons. The minimum atomic E-state index is -0.975. The van der Waals surface area contributed by atoms with Gasteiger partial charge in [-0.05, 0) is 27.2 Å². The Morgan fingerprint density at radius 3 is 2.53 bits per heavy atom. The van der Waals surface area contributed by atoms with E-state index in [1.165, 1.54) is 0 Å². The van der Waals surface area contributed by atoms with E-state index in [-0.39, 0.29) is 17.8 Å². The number of amides is 1. The van der Waals surface area contributed by atoms with Crippen LogP contribution in [0.5, 0.6) is 0 Å². The number of nitrogens with zero attached hydrogens (tertiary/aromatic N) is 1. The molecule has 0 saturated carbocycles. The van der Waals surface area contributed by atoms with E-state index >= 15 is 0 Å². The number of rotatable bonds is 5. The van der Waals surface area contributed by atoms with Crippen molar-refractivity contribution in [1.29, 1.82) is 0 Å². The van der Waals surface area contributed by atoms with E-state index in [9.17, 15) is 4.79 Å². The van der Waals surface area contributed by atoms with Crippen molar-refractivity contribution in [3.05, 3.63) is 0 Å². The first-order chi connectivity index (χ1) is 6.86. The predicted molar refractivity (Wildman–Crippen MR) is 59.7 cm³/mol. The predicted octanol–water partition coefficient (Wildman–Crippen LogP) is 1.06. The summed E-state index contributed by atoms with van der Waals surface area (Å²) in [4.78, 5) is 11.8. The lowest BCUT2D eigenvalue weighted by Crippen LogP contribution is -2.48. The third kappa shape index (κ3) is 3.77. The maximum atomic E-state index is 11.8. The van der Waals surface area contributed by atoms with Crippen molar-refractivity contribution in [2.45, 2.75) is 46.6 Å². The van der Waals surface area contributed by atoms with Crippen molar-refractivity contribution in [1.82, 2.24) is 5.32 Å². The first-order valence-corrected chi connectivity index (χ1v) is 5.15. The highest BCUT2D eigenvalue weighted by Crippen LogP contribution is 2.15. The molecule has 0 saturated heterocycles. The van der Waals surface area contributed by atoms with Crippen molar-refractivity contribution in [3.8, 4) is 0 Å². The van der Waals surface area contributed by atoms with Crippen molar-refractivity contribution in [2.24, 2.45) is 16.3 Å². The summed E-state index contributed by atoms with van der Waals surface area (Å²) in [6.45, 7) is 7.23. The van der Waals surface area contributed by atoms with E-state index in [1.54, 1.807) is 13.8 Å². The highest BCUT2D eigenvalue weighted by molar-refractivity contribution is 6.05. The summed E-state index contributed by atoms with van der Waals surface area (Å²) in [5.74, 6) is -0.303. The average molecular weight is 215 g/mol. The molecule has 0 aromatic rings. The van der Waals surface area contributed by atoms with Crippen molar-refractivity contribution < 1.29 is 10.0 Å². The molecule has 0 aliphatic rings. The van der Waals surface area contributed by atoms with Crippen LogP contribution in [0.2, 0.25) is 0 Å². The fourth-order valence-corrected chi connectivity index (χ4v) is 1.15. The second-order valence-electron chi connectivity index (χ2n) is 4.27. The Kier molecular flexibility index (Phi) is 5.11. The molecule has 5 heteroatoms. The van der Waals surface area contributed by atoms with Crippen LogP contribution in [0.25, 0.3) is 0 Å². The molecule has 0 rings (SSSR count). The SMILES string of the molecule is CCCC(C)NC(=O)C(C)(C)C(N)=NO. The highest BCUT2D eigenvalue weighted by atomic mass is 16.4. The van der Waals surface area contributed by atoms with E-state index < -0.39 is 5.41 Å². The van der Waals surface area contributed by atoms with Crippen LogP contribution in [0.4, 0.5) is 0 Å². The topological polar surface area (TPSA) is 87.7 Å². The van der Waals surface area contributed by atoms with Crippen LogP contribution in [0.3, 0.4) is 0 Å². The zero-order valence-corrected chi connectivity index (χ0v) is 9.87. The zero-order chi connectivity index (χ0) is 12.1. The molecule has 0 aliphatic carbocycles. The number of oxime groups is 1. The summed E-state index contributed by atoms with van der Waals surface area (Å²) in [5.41, 5.74) is 4.47. The lowest BCUT2D eigenvalue weighted by molar-refractivity contribution is -0.127. The Morgan fingerprint density at radius 2 is 2.13 bits per heavy atom. The van der Waals surface area contributed by atoms with Crippen LogP contribution in [-0.2, 0) is 4.79 Å². The Bertz CT molecular complexity index is 249. The maximum absolute atomic E-state index is 11.8. The molecule has 0 radical (unpaired) electrons. The molecule has 0 aromatic carbocycles. The van der Waals surface area contributed by atoms with Gasteiger partial charge in [0.1, 0.15) is 5.41 Å². The Hall–Kier alpha value is -1.26. The van der Waals surface area contributed by atoms with Crippen LogP contribution in [0.15, 0.2) is 5.16 Å². The van der Waals surface area contributed by atoms with Gasteiger partial charge in [0.05, 0.1) is 0 Å². The fourth-order valence-electron chi connectivity index (χ4n) is 1.15. The Labute approximate surface area is 90.7 Å². The Morgan fingerprint density at radius 1 is 1.60 bits per heavy atom. The minimum absolute atomic E-state index is 0.0799. The van der Waals surface area contributed by atoms with Crippen LogP contribution in [0, 0.1) is 5.41 Å². The number of hydrogen-bond donors (Lipinski definition) is 3. The molecule has 0 spiro atoms. The van der Waals surface area contributed by atoms with Gasteiger partial charge in [-0.25, -0.2) is 0 Å². The lowest BCUT2D eigenvalue weighted by Gasteiger charge is -2.24. The van der Waals surface area contributed by atoms with E-state index in [0.717, 1.165) is 12.8 Å². The molecular weight excluding hydrogens is 194 g/mol. The van der Waals surface area contributed by atoms with Crippen molar-refractivity contribution in [2.75, 3.05) is 0 Å². The van der Waals surface area contributed by atoms with Gasteiger partial charge < -0.3 is 16.3 Å². The average Bonchev–Trinajstić information content (AvgIpc) is 2.16. The fraction of sp³-hybridized carbons (Fsp3) is 0.800. The smallest absolute Gasteiger partial charge is 0.233 e. The molecule has 5 nitrogen and oxygen atoms in total. The van der Waals surface area contributed by atoms with Crippen LogP contribution in [0.1, 0.15) is 40.5 Å². The van der Waals surface area contributed by atoms with Gasteiger partial charge in [-0.1, -0.05) is 18.5 Å². The normalized spacial score (nSPS) is 14.8. The van der Waals surface area contributed by atoms with Gasteiger partial charge in [-0.15, -0.1) is 0 Å². The summed E-state index contributed by atoms with van der Waals surface area (Å²) in [5, 5.41) is 14.2.